The van der Waals surface area contributed by atoms with Crippen LogP contribution in [0.5, 0.6) is 0 Å². The lowest BCUT2D eigenvalue weighted by molar-refractivity contribution is -0.141. The number of halogens is 6. The Kier molecular flexibility index (Phi) is 5.33. The van der Waals surface area contributed by atoms with Crippen LogP contribution in [0, 0.1) is 0 Å². The van der Waals surface area contributed by atoms with E-state index in [1.54, 1.807) is 13.2 Å². The van der Waals surface area contributed by atoms with Crippen LogP contribution in [-0.2, 0) is 23.0 Å². The van der Waals surface area contributed by atoms with Crippen molar-refractivity contribution >= 4 is 27.2 Å². The van der Waals surface area contributed by atoms with Gasteiger partial charge in [-0.3, -0.25) is 4.98 Å². The highest BCUT2D eigenvalue weighted by Gasteiger charge is 2.34. The first kappa shape index (κ1) is 18.8. The summed E-state index contributed by atoms with van der Waals surface area (Å²) in [5.41, 5.74) is -1.49. The van der Waals surface area contributed by atoms with Gasteiger partial charge in [0.15, 0.2) is 5.69 Å². The Morgan fingerprint density at radius 2 is 1.71 bits per heavy atom. The van der Waals surface area contributed by atoms with Crippen LogP contribution < -0.4 is 0 Å². The largest absolute Gasteiger partial charge is 0.434 e. The van der Waals surface area contributed by atoms with Crippen molar-refractivity contribution in [2.24, 2.45) is 4.36 Å². The topological polar surface area (TPSA) is 38.1 Å². The van der Waals surface area contributed by atoms with Crippen molar-refractivity contribution in [2.75, 3.05) is 6.26 Å². The number of nitrogens with zero attached hydrogens (tertiary/aromatic N) is 3. The van der Waals surface area contributed by atoms with Crippen LogP contribution in [0.3, 0.4) is 0 Å². The predicted octanol–water partition coefficient (Wildman–Crippen LogP) is 5.40. The zero-order valence-electron chi connectivity index (χ0n) is 12.3. The molecule has 0 amide bonds. The second-order valence-electron chi connectivity index (χ2n) is 4.74. The second kappa shape index (κ2) is 6.79. The molecule has 0 spiro atoms. The van der Waals surface area contributed by atoms with E-state index in [0.29, 0.717) is 5.56 Å². The quantitative estimate of drug-likeness (QED) is 0.662. The van der Waals surface area contributed by atoms with E-state index in [1.165, 1.54) is 6.07 Å². The van der Waals surface area contributed by atoms with E-state index in [-0.39, 0.29) is 10.4 Å². The van der Waals surface area contributed by atoms with Gasteiger partial charge < -0.3 is 0 Å². The molecule has 2 aromatic heterocycles. The number of rotatable bonds is 3. The van der Waals surface area contributed by atoms with Gasteiger partial charge in [0.05, 0.1) is 0 Å². The molecule has 0 aliphatic carbocycles. The number of hydrogen-bond donors (Lipinski definition) is 0. The van der Waals surface area contributed by atoms with Gasteiger partial charge in [-0.25, -0.2) is 4.98 Å². The average Bonchev–Trinajstić information content (AvgIpc) is 2.94. The van der Waals surface area contributed by atoms with Gasteiger partial charge in [0.2, 0.25) is 5.13 Å². The van der Waals surface area contributed by atoms with E-state index < -0.39 is 34.4 Å². The summed E-state index contributed by atoms with van der Waals surface area (Å²) in [5, 5.41) is 0.554. The first-order valence-corrected chi connectivity index (χ1v) is 8.94. The number of aromatic nitrogens is 2. The average molecular weight is 387 g/mol. The molecular formula is C13H11F6N3S2. The molecule has 11 heteroatoms. The molecule has 0 fully saturated rings. The van der Waals surface area contributed by atoms with Crippen LogP contribution in [0.1, 0.15) is 29.1 Å². The molecule has 2 rings (SSSR count). The van der Waals surface area contributed by atoms with Gasteiger partial charge in [-0.15, -0.1) is 11.3 Å². The summed E-state index contributed by atoms with van der Waals surface area (Å²) in [6, 6.07) is 2.16. The maximum atomic E-state index is 12.5. The van der Waals surface area contributed by atoms with Crippen LogP contribution in [0.25, 0.3) is 0 Å². The Hall–Kier alpha value is -1.49. The summed E-state index contributed by atoms with van der Waals surface area (Å²) in [6.07, 6.45) is -6.26. The van der Waals surface area contributed by atoms with Gasteiger partial charge in [-0.05, 0) is 24.8 Å². The molecule has 0 aliphatic rings. The Balaban J connectivity index is 2.19. The Morgan fingerprint density at radius 1 is 1.08 bits per heavy atom. The van der Waals surface area contributed by atoms with Crippen LogP contribution in [0.2, 0.25) is 0 Å². The zero-order chi connectivity index (χ0) is 18.1. The fourth-order valence-corrected chi connectivity index (χ4v) is 3.71. The molecule has 0 aromatic carbocycles. The molecular weight excluding hydrogens is 376 g/mol. The van der Waals surface area contributed by atoms with Gasteiger partial charge in [0.1, 0.15) is 5.69 Å². The summed E-state index contributed by atoms with van der Waals surface area (Å²) in [5.74, 6) is 0. The minimum atomic E-state index is -4.53. The summed E-state index contributed by atoms with van der Waals surface area (Å²) in [4.78, 5) is 6.79. The zero-order valence-corrected chi connectivity index (χ0v) is 13.9. The summed E-state index contributed by atoms with van der Waals surface area (Å²) >= 11 is 0.768. The predicted molar refractivity (Wildman–Crippen MR) is 80.1 cm³/mol. The molecule has 0 saturated carbocycles. The fraction of sp³-hybridized carbons (Fsp3) is 0.385. The fourth-order valence-electron chi connectivity index (χ4n) is 1.65. The highest BCUT2D eigenvalue weighted by molar-refractivity contribution is 7.87. The third-order valence-electron chi connectivity index (χ3n) is 3.06. The van der Waals surface area contributed by atoms with E-state index in [1.807, 2.05) is 0 Å². The number of alkyl halides is 6. The van der Waals surface area contributed by atoms with Crippen molar-refractivity contribution in [1.29, 1.82) is 0 Å². The van der Waals surface area contributed by atoms with Crippen molar-refractivity contribution in [2.45, 2.75) is 24.5 Å². The minimum Gasteiger partial charge on any atom is -0.251 e. The molecule has 2 unspecified atom stereocenters. The lowest BCUT2D eigenvalue weighted by Gasteiger charge is -2.13. The number of pyridine rings is 1. The van der Waals surface area contributed by atoms with E-state index in [4.69, 9.17) is 0 Å². The van der Waals surface area contributed by atoms with E-state index in [9.17, 15) is 26.3 Å². The monoisotopic (exact) mass is 387 g/mol. The molecule has 3 nitrogen and oxygen atoms in total. The smallest absolute Gasteiger partial charge is 0.251 e. The van der Waals surface area contributed by atoms with Crippen molar-refractivity contribution < 1.29 is 26.3 Å². The lowest BCUT2D eigenvalue weighted by Crippen LogP contribution is -2.09. The maximum absolute atomic E-state index is 12.5. The minimum absolute atomic E-state index is 0.0140. The van der Waals surface area contributed by atoms with E-state index in [2.05, 4.69) is 14.3 Å². The lowest BCUT2D eigenvalue weighted by atomic mass is 10.2. The van der Waals surface area contributed by atoms with Crippen LogP contribution in [-0.4, -0.2) is 16.2 Å². The van der Waals surface area contributed by atoms with Gasteiger partial charge in [0.25, 0.3) is 0 Å². The molecule has 0 N–H and O–H groups in total. The van der Waals surface area contributed by atoms with Crippen molar-refractivity contribution in [1.82, 2.24) is 9.97 Å². The van der Waals surface area contributed by atoms with Crippen molar-refractivity contribution in [3.8, 4) is 0 Å². The molecule has 0 aliphatic heterocycles. The molecule has 2 heterocycles. The Bertz CT molecular complexity index is 733. The Labute approximate surface area is 139 Å². The first-order valence-electron chi connectivity index (χ1n) is 6.41. The summed E-state index contributed by atoms with van der Waals surface area (Å²) < 4.78 is 79.1. The molecule has 2 atom stereocenters. The van der Waals surface area contributed by atoms with Gasteiger partial charge in [-0.2, -0.15) is 30.7 Å². The van der Waals surface area contributed by atoms with Gasteiger partial charge >= 0.3 is 12.4 Å². The molecule has 0 bridgehead atoms. The Morgan fingerprint density at radius 3 is 2.17 bits per heavy atom. The highest BCUT2D eigenvalue weighted by atomic mass is 32.2. The molecule has 0 radical (unpaired) electrons. The molecule has 0 saturated heterocycles. The normalized spacial score (nSPS) is 15.5. The van der Waals surface area contributed by atoms with E-state index >= 15 is 0 Å². The SMILES string of the molecule is CC(c1ccc(C(F)(F)F)nc1)S(C)=Nc1nc(C(F)(F)F)cs1. The summed E-state index contributed by atoms with van der Waals surface area (Å²) in [6.45, 7) is 1.72. The third-order valence-corrected chi connectivity index (χ3v) is 5.67. The van der Waals surface area contributed by atoms with Crippen LogP contribution in [0.4, 0.5) is 31.5 Å². The molecule has 132 valence electrons. The maximum Gasteiger partial charge on any atom is 0.434 e. The molecule has 2 aromatic rings. The van der Waals surface area contributed by atoms with Gasteiger partial charge in [0, 0.05) is 16.8 Å². The van der Waals surface area contributed by atoms with Crippen LogP contribution >= 0.6 is 11.3 Å². The standard InChI is InChI=1S/C13H11F6N3S2/c1-7(8-3-4-9(20-5-8)12(14,15)16)24(2)22-11-21-10(6-23-11)13(17,18)19/h3-7H,1-2H3. The van der Waals surface area contributed by atoms with Crippen molar-refractivity contribution in [3.63, 3.8) is 0 Å². The summed E-state index contributed by atoms with van der Waals surface area (Å²) in [7, 11) is -0.774. The number of hydrogen-bond acceptors (Lipinski definition) is 4. The third kappa shape index (κ3) is 4.53. The number of thiazole rings is 1. The van der Waals surface area contributed by atoms with Crippen LogP contribution in [0.15, 0.2) is 28.1 Å². The van der Waals surface area contributed by atoms with Gasteiger partial charge in [-0.1, -0.05) is 16.8 Å². The van der Waals surface area contributed by atoms with Crippen molar-refractivity contribution in [3.05, 3.63) is 40.7 Å². The molecule has 24 heavy (non-hydrogen) atoms. The van der Waals surface area contributed by atoms with E-state index in [0.717, 1.165) is 29.0 Å². The highest BCUT2D eigenvalue weighted by Crippen LogP contribution is 2.34. The first-order chi connectivity index (χ1) is 11.0. The second-order valence-corrected chi connectivity index (χ2v) is 7.52.